The van der Waals surface area contributed by atoms with Gasteiger partial charge in [-0.25, -0.2) is 18.7 Å². The maximum Gasteiger partial charge on any atom is 0.416 e. The molecule has 0 aliphatic heterocycles. The number of halogens is 7. The Hall–Kier alpha value is -2.50. The number of rotatable bonds is 6. The van der Waals surface area contributed by atoms with Crippen LogP contribution in [0.25, 0.3) is 0 Å². The molecule has 0 aliphatic rings. The van der Waals surface area contributed by atoms with E-state index in [0.29, 0.717) is 6.07 Å². The van der Waals surface area contributed by atoms with Crippen LogP contribution >= 0.6 is 11.6 Å². The monoisotopic (exact) mass is 428 g/mol. The summed E-state index contributed by atoms with van der Waals surface area (Å²) in [4.78, 5) is 16.3. The van der Waals surface area contributed by atoms with E-state index in [0.717, 1.165) is 18.2 Å². The number of aliphatic hydroxyl groups is 1. The number of carbonyl (C=O) groups is 1. The fourth-order valence-electron chi connectivity index (χ4n) is 1.92. The van der Waals surface area contributed by atoms with Gasteiger partial charge in [0.15, 0.2) is 17.7 Å². The van der Waals surface area contributed by atoms with Crippen LogP contribution in [0.1, 0.15) is 10.4 Å². The summed E-state index contributed by atoms with van der Waals surface area (Å²) in [5.41, 5.74) is -0.190. The van der Waals surface area contributed by atoms with Crippen molar-refractivity contribution in [1.29, 1.82) is 0 Å². The number of hydrogen-bond acceptors (Lipinski definition) is 4. The van der Waals surface area contributed by atoms with E-state index in [1.165, 1.54) is 6.07 Å². The van der Waals surface area contributed by atoms with Crippen LogP contribution < -0.4 is 10.8 Å². The lowest BCUT2D eigenvalue weighted by Gasteiger charge is -2.16. The molecule has 5 nitrogen and oxygen atoms in total. The fraction of sp³-hybridized carbons (Fsp3) is 0.188. The molecule has 2 aromatic carbocycles. The van der Waals surface area contributed by atoms with E-state index in [-0.39, 0.29) is 10.7 Å². The summed E-state index contributed by atoms with van der Waals surface area (Å²) in [6.45, 7) is -1.34. The normalized spacial score (nSPS) is 12.6. The number of benzene rings is 2. The Morgan fingerprint density at radius 3 is 2.43 bits per heavy atom. The van der Waals surface area contributed by atoms with E-state index in [1.54, 1.807) is 5.48 Å². The first-order valence-electron chi connectivity index (χ1n) is 7.37. The number of amides is 1. The highest BCUT2D eigenvalue weighted by atomic mass is 35.5. The Kier molecular flexibility index (Phi) is 6.75. The molecule has 0 saturated heterocycles. The van der Waals surface area contributed by atoms with Crippen molar-refractivity contribution in [2.75, 3.05) is 11.9 Å². The lowest BCUT2D eigenvalue weighted by Crippen LogP contribution is -2.36. The second-order valence-corrected chi connectivity index (χ2v) is 5.77. The number of carbonyl (C=O) groups excluding carboxylic acids is 1. The number of aliphatic hydroxyl groups excluding tert-OH is 1. The average Bonchev–Trinajstić information content (AvgIpc) is 2.60. The van der Waals surface area contributed by atoms with Gasteiger partial charge in [-0.1, -0.05) is 11.6 Å². The molecular weight excluding hydrogens is 418 g/mol. The van der Waals surface area contributed by atoms with E-state index in [4.69, 9.17) is 16.7 Å². The fourth-order valence-corrected chi connectivity index (χ4v) is 2.08. The summed E-state index contributed by atoms with van der Waals surface area (Å²) in [6, 6.07) is 4.60. The van der Waals surface area contributed by atoms with E-state index in [1.807, 2.05) is 0 Å². The number of hydrogen-bond donors (Lipinski definition) is 3. The standard InChI is InChI=1S/C16H11ClF6N2O3/c17-7-1-4-11(10(19)5-7)24-14-8(2-3-9(18)13(14)20)15(27)25-28-6-12(26)16(21,22)23/h1-5,12,24,26H,6H2,(H,25,27). The van der Waals surface area contributed by atoms with Gasteiger partial charge in [-0.3, -0.25) is 9.63 Å². The van der Waals surface area contributed by atoms with Crippen molar-refractivity contribution in [3.8, 4) is 0 Å². The molecule has 152 valence electrons. The lowest BCUT2D eigenvalue weighted by atomic mass is 10.1. The van der Waals surface area contributed by atoms with Gasteiger partial charge < -0.3 is 10.4 Å². The highest BCUT2D eigenvalue weighted by Gasteiger charge is 2.38. The second kappa shape index (κ2) is 8.67. The number of alkyl halides is 3. The molecule has 2 rings (SSSR count). The molecule has 1 unspecified atom stereocenters. The van der Waals surface area contributed by atoms with Crippen LogP contribution in [0.4, 0.5) is 37.7 Å². The van der Waals surface area contributed by atoms with Crippen molar-refractivity contribution in [2.24, 2.45) is 0 Å². The third kappa shape index (κ3) is 5.27. The molecule has 1 amide bonds. The Bertz CT molecular complexity index is 878. The minimum Gasteiger partial charge on any atom is -0.381 e. The predicted octanol–water partition coefficient (Wildman–Crippen LogP) is 4.09. The molecule has 0 fully saturated rings. The van der Waals surface area contributed by atoms with Crippen molar-refractivity contribution in [2.45, 2.75) is 12.3 Å². The zero-order valence-electron chi connectivity index (χ0n) is 13.6. The Morgan fingerprint density at radius 1 is 1.14 bits per heavy atom. The molecule has 3 N–H and O–H groups in total. The van der Waals surface area contributed by atoms with Crippen LogP contribution in [0.3, 0.4) is 0 Å². The molecule has 0 heterocycles. The van der Waals surface area contributed by atoms with E-state index in [9.17, 15) is 31.1 Å². The van der Waals surface area contributed by atoms with Crippen LogP contribution in [0, 0.1) is 17.5 Å². The highest BCUT2D eigenvalue weighted by molar-refractivity contribution is 6.30. The third-order valence-electron chi connectivity index (χ3n) is 3.31. The Morgan fingerprint density at radius 2 is 1.82 bits per heavy atom. The van der Waals surface area contributed by atoms with Crippen molar-refractivity contribution in [1.82, 2.24) is 5.48 Å². The van der Waals surface area contributed by atoms with E-state index in [2.05, 4.69) is 10.2 Å². The van der Waals surface area contributed by atoms with Crippen LogP contribution in [-0.2, 0) is 4.84 Å². The molecular formula is C16H11ClF6N2O3. The summed E-state index contributed by atoms with van der Waals surface area (Å²) >= 11 is 5.59. The largest absolute Gasteiger partial charge is 0.416 e. The Balaban J connectivity index is 2.22. The minimum atomic E-state index is -4.98. The van der Waals surface area contributed by atoms with Gasteiger partial charge in [0.1, 0.15) is 12.4 Å². The maximum atomic E-state index is 14.1. The van der Waals surface area contributed by atoms with Crippen molar-refractivity contribution in [3.05, 3.63) is 58.4 Å². The summed E-state index contributed by atoms with van der Waals surface area (Å²) in [5, 5.41) is 11.0. The first kappa shape index (κ1) is 21.8. The Labute approximate surface area is 158 Å². The van der Waals surface area contributed by atoms with Crippen LogP contribution in [0.15, 0.2) is 30.3 Å². The molecule has 0 aliphatic carbocycles. The SMILES string of the molecule is O=C(NOCC(O)C(F)(F)F)c1ccc(F)c(F)c1Nc1ccc(Cl)cc1F. The molecule has 0 bridgehead atoms. The minimum absolute atomic E-state index is 0.0253. The molecule has 28 heavy (non-hydrogen) atoms. The summed E-state index contributed by atoms with van der Waals surface area (Å²) < 4.78 is 78.1. The summed E-state index contributed by atoms with van der Waals surface area (Å²) in [5.74, 6) is -5.13. The summed E-state index contributed by atoms with van der Waals surface area (Å²) in [6.07, 6.45) is -7.86. The van der Waals surface area contributed by atoms with Gasteiger partial charge in [0.2, 0.25) is 0 Å². The van der Waals surface area contributed by atoms with Gasteiger partial charge in [0.05, 0.1) is 16.9 Å². The maximum absolute atomic E-state index is 14.1. The molecule has 0 spiro atoms. The smallest absolute Gasteiger partial charge is 0.381 e. The zero-order chi connectivity index (χ0) is 21.1. The van der Waals surface area contributed by atoms with Crippen LogP contribution in [0.5, 0.6) is 0 Å². The average molecular weight is 429 g/mol. The lowest BCUT2D eigenvalue weighted by molar-refractivity contribution is -0.221. The predicted molar refractivity (Wildman–Crippen MR) is 86.5 cm³/mol. The van der Waals surface area contributed by atoms with Gasteiger partial charge in [-0.15, -0.1) is 0 Å². The molecule has 2 aromatic rings. The topological polar surface area (TPSA) is 70.6 Å². The van der Waals surface area contributed by atoms with Gasteiger partial charge in [0, 0.05) is 5.02 Å². The van der Waals surface area contributed by atoms with Crippen molar-refractivity contribution < 1.29 is 41.1 Å². The first-order chi connectivity index (χ1) is 13.0. The highest BCUT2D eigenvalue weighted by Crippen LogP contribution is 2.29. The van der Waals surface area contributed by atoms with Gasteiger partial charge >= 0.3 is 6.18 Å². The molecule has 12 heteroatoms. The zero-order valence-corrected chi connectivity index (χ0v) is 14.3. The molecule has 0 radical (unpaired) electrons. The van der Waals surface area contributed by atoms with E-state index < -0.39 is 53.5 Å². The van der Waals surface area contributed by atoms with Gasteiger partial charge in [-0.05, 0) is 30.3 Å². The molecule has 0 aromatic heterocycles. The van der Waals surface area contributed by atoms with Crippen molar-refractivity contribution >= 4 is 28.9 Å². The molecule has 0 saturated carbocycles. The van der Waals surface area contributed by atoms with Crippen molar-refractivity contribution in [3.63, 3.8) is 0 Å². The van der Waals surface area contributed by atoms with Gasteiger partial charge in [-0.2, -0.15) is 13.2 Å². The second-order valence-electron chi connectivity index (χ2n) is 5.33. The summed E-state index contributed by atoms with van der Waals surface area (Å²) in [7, 11) is 0. The van der Waals surface area contributed by atoms with Crippen LogP contribution in [0.2, 0.25) is 5.02 Å². The first-order valence-corrected chi connectivity index (χ1v) is 7.75. The number of anilines is 2. The van der Waals surface area contributed by atoms with E-state index >= 15 is 0 Å². The third-order valence-corrected chi connectivity index (χ3v) is 3.55. The quantitative estimate of drug-likeness (QED) is 0.479. The number of nitrogens with one attached hydrogen (secondary N) is 2. The molecule has 1 atom stereocenters. The van der Waals surface area contributed by atoms with Gasteiger partial charge in [0.25, 0.3) is 5.91 Å². The van der Waals surface area contributed by atoms with Crippen LogP contribution in [-0.4, -0.2) is 29.9 Å². The number of hydroxylamine groups is 1.